The second kappa shape index (κ2) is 21.7. The van der Waals surface area contributed by atoms with Gasteiger partial charge in [-0.25, -0.2) is 0 Å². The molecule has 0 aliphatic heterocycles. The van der Waals surface area contributed by atoms with Gasteiger partial charge in [-0.1, -0.05) is 267 Å². The lowest BCUT2D eigenvalue weighted by molar-refractivity contribution is 0.792. The van der Waals surface area contributed by atoms with Crippen molar-refractivity contribution in [2.24, 2.45) is 0 Å². The molecular formula is C81H60. The Kier molecular flexibility index (Phi) is 13.3. The van der Waals surface area contributed by atoms with Crippen molar-refractivity contribution >= 4 is 46.6 Å². The van der Waals surface area contributed by atoms with Crippen LogP contribution in [0.4, 0.5) is 0 Å². The van der Waals surface area contributed by atoms with Gasteiger partial charge in [0.15, 0.2) is 0 Å². The molecule has 0 bridgehead atoms. The van der Waals surface area contributed by atoms with Crippen LogP contribution in [-0.2, 0) is 5.41 Å². The number of fused-ring (bicyclic) bond motifs is 10. The zero-order valence-corrected chi connectivity index (χ0v) is 45.4. The third-order valence-electron chi connectivity index (χ3n) is 16.8. The zero-order chi connectivity index (χ0) is 54.0. The Morgan fingerprint density at radius 2 is 0.519 bits per heavy atom. The maximum absolute atomic E-state index is 2.55. The molecule has 384 valence electrons. The lowest BCUT2D eigenvalue weighted by Gasteiger charge is -2.31. The molecule has 0 N–H and O–H groups in total. The molecule has 0 nitrogen and oxygen atoms in total. The van der Waals surface area contributed by atoms with Gasteiger partial charge in [0, 0.05) is 0 Å². The Bertz CT molecular complexity index is 3890. The first-order valence-electron chi connectivity index (χ1n) is 28.7. The number of allylic oxidation sites excluding steroid dienone is 10. The second-order valence-electron chi connectivity index (χ2n) is 21.7. The minimum absolute atomic E-state index is 0.699. The molecule has 10 aromatic rings. The van der Waals surface area contributed by atoms with Crippen LogP contribution in [-0.4, -0.2) is 0 Å². The van der Waals surface area contributed by atoms with E-state index in [0.29, 0.717) is 0 Å². The van der Waals surface area contributed by atoms with Gasteiger partial charge < -0.3 is 0 Å². The summed E-state index contributed by atoms with van der Waals surface area (Å²) in [6, 6.07) is 94.7. The molecule has 0 saturated carbocycles. The SMILES string of the molecule is C1=CCCC(/C(=C\c2ccc3c(c2)C2(c4cc(C=C(c5ccccc5)c5ccccc5)ccc4-c4ccc(C=C(c5ccccc5)c5ccccc5)cc42)c2cc(/C=C(\C4=CC=CCC4)c4ccccc4)ccc2-3)c2ccccc2)=C1. The number of benzene rings is 10. The van der Waals surface area contributed by atoms with Crippen molar-refractivity contribution in [1.82, 2.24) is 0 Å². The van der Waals surface area contributed by atoms with Crippen LogP contribution in [0.5, 0.6) is 0 Å². The molecule has 0 aromatic heterocycles. The van der Waals surface area contributed by atoms with Crippen molar-refractivity contribution in [3.05, 3.63) is 380 Å². The maximum Gasteiger partial charge on any atom is 0.0726 e. The lowest BCUT2D eigenvalue weighted by Crippen LogP contribution is -2.26. The third-order valence-corrected chi connectivity index (χ3v) is 16.8. The normalized spacial score (nSPS) is 14.5. The first kappa shape index (κ1) is 49.4. The van der Waals surface area contributed by atoms with Crippen molar-refractivity contribution in [1.29, 1.82) is 0 Å². The number of rotatable bonds is 12. The van der Waals surface area contributed by atoms with Gasteiger partial charge in [0.25, 0.3) is 0 Å². The topological polar surface area (TPSA) is 0 Å². The van der Waals surface area contributed by atoms with Gasteiger partial charge in [-0.05, 0) is 208 Å². The highest BCUT2D eigenvalue weighted by Gasteiger charge is 2.52. The van der Waals surface area contributed by atoms with E-state index in [9.17, 15) is 0 Å². The summed E-state index contributed by atoms with van der Waals surface area (Å²) in [7, 11) is 0. The van der Waals surface area contributed by atoms with Crippen molar-refractivity contribution in [3.8, 4) is 22.3 Å². The zero-order valence-electron chi connectivity index (χ0n) is 45.4. The van der Waals surface area contributed by atoms with Crippen LogP contribution in [0.25, 0.3) is 68.9 Å². The molecule has 0 fully saturated rings. The van der Waals surface area contributed by atoms with E-state index in [4.69, 9.17) is 0 Å². The molecule has 10 aromatic carbocycles. The van der Waals surface area contributed by atoms with Gasteiger partial charge in [-0.3, -0.25) is 0 Å². The Labute approximate surface area is 477 Å². The summed E-state index contributed by atoms with van der Waals surface area (Å²) in [4.78, 5) is 0. The highest BCUT2D eigenvalue weighted by Crippen LogP contribution is 2.64. The van der Waals surface area contributed by atoms with E-state index in [2.05, 4.69) is 316 Å². The Balaban J connectivity index is 1.06. The molecule has 14 rings (SSSR count). The molecule has 0 unspecified atom stereocenters. The average molecular weight is 1030 g/mol. The van der Waals surface area contributed by atoms with E-state index in [0.717, 1.165) is 36.8 Å². The molecule has 0 radical (unpaired) electrons. The molecular weight excluding hydrogens is 973 g/mol. The fourth-order valence-electron chi connectivity index (χ4n) is 13.1. The van der Waals surface area contributed by atoms with Crippen LogP contribution >= 0.6 is 0 Å². The van der Waals surface area contributed by atoms with Crippen molar-refractivity contribution < 1.29 is 0 Å². The van der Waals surface area contributed by atoms with Gasteiger partial charge in [-0.15, -0.1) is 0 Å². The standard InChI is InChI=1S/C81H60/c1-9-25-61(26-10-1)73(62-27-11-2-12-28-62)49-57-41-45-69-70-46-42-58(50-74(63-29-13-3-14-30-63)64-31-15-4-16-32-64)54-78(70)81(77(69)53-57)79-55-59(51-75(65-33-17-5-18-34-65)66-35-19-6-20-36-66)43-47-71(79)72-48-44-60(56-80(72)81)52-76(67-37-21-7-22-38-67)68-39-23-8-24-40-68/h1-19,21-23,25-35,37-39,41-56H,20,24,36,40H2/b75-51-,76-52-. The maximum atomic E-state index is 2.55. The molecule has 4 aliphatic carbocycles. The summed E-state index contributed by atoms with van der Waals surface area (Å²) < 4.78 is 0. The smallest absolute Gasteiger partial charge is 0.0726 e. The molecule has 81 heavy (non-hydrogen) atoms. The van der Waals surface area contributed by atoms with Crippen LogP contribution in [0.1, 0.15) is 104 Å². The largest absolute Gasteiger partial charge is 0.0842 e. The van der Waals surface area contributed by atoms with Gasteiger partial charge in [0.05, 0.1) is 5.41 Å². The van der Waals surface area contributed by atoms with E-state index in [1.54, 1.807) is 0 Å². The van der Waals surface area contributed by atoms with E-state index < -0.39 is 5.41 Å². The Morgan fingerprint density at radius 3 is 0.765 bits per heavy atom. The Morgan fingerprint density at radius 1 is 0.272 bits per heavy atom. The van der Waals surface area contributed by atoms with E-state index in [1.807, 2.05) is 0 Å². The predicted octanol–water partition coefficient (Wildman–Crippen LogP) is 20.8. The van der Waals surface area contributed by atoms with Crippen LogP contribution in [0.2, 0.25) is 0 Å². The first-order chi connectivity index (χ1) is 40.2. The minimum Gasteiger partial charge on any atom is -0.0842 e. The van der Waals surface area contributed by atoms with Gasteiger partial charge in [-0.2, -0.15) is 0 Å². The Hall–Kier alpha value is -9.88. The molecule has 4 aliphatic rings. The summed E-state index contributed by atoms with van der Waals surface area (Å²) in [5.41, 5.74) is 29.1. The van der Waals surface area contributed by atoms with Gasteiger partial charge >= 0.3 is 0 Å². The van der Waals surface area contributed by atoms with Crippen LogP contribution in [0.15, 0.2) is 302 Å². The fourth-order valence-corrected chi connectivity index (χ4v) is 13.1. The number of hydrogen-bond donors (Lipinski definition) is 0. The highest BCUT2D eigenvalue weighted by molar-refractivity contribution is 6.01. The van der Waals surface area contributed by atoms with Crippen LogP contribution in [0, 0.1) is 0 Å². The van der Waals surface area contributed by atoms with Crippen molar-refractivity contribution in [2.75, 3.05) is 0 Å². The van der Waals surface area contributed by atoms with E-state index in [1.165, 1.54) is 122 Å². The van der Waals surface area contributed by atoms with Crippen LogP contribution < -0.4 is 0 Å². The molecule has 0 atom stereocenters. The summed E-state index contributed by atoms with van der Waals surface area (Å²) in [5, 5.41) is 0. The van der Waals surface area contributed by atoms with Gasteiger partial charge in [0.2, 0.25) is 0 Å². The summed E-state index contributed by atoms with van der Waals surface area (Å²) in [6.07, 6.45) is 27.5. The van der Waals surface area contributed by atoms with E-state index in [-0.39, 0.29) is 0 Å². The minimum atomic E-state index is -0.699. The molecule has 1 spiro atoms. The summed E-state index contributed by atoms with van der Waals surface area (Å²) >= 11 is 0. The third kappa shape index (κ3) is 9.39. The lowest BCUT2D eigenvalue weighted by atomic mass is 9.69. The van der Waals surface area contributed by atoms with Crippen LogP contribution in [0.3, 0.4) is 0 Å². The monoisotopic (exact) mass is 1030 g/mol. The average Bonchev–Trinajstić information content (AvgIpc) is 4.07. The van der Waals surface area contributed by atoms with E-state index >= 15 is 0 Å². The predicted molar refractivity (Wildman–Crippen MR) is 344 cm³/mol. The van der Waals surface area contributed by atoms with Crippen molar-refractivity contribution in [2.45, 2.75) is 31.1 Å². The number of hydrogen-bond acceptors (Lipinski definition) is 0. The first-order valence-corrected chi connectivity index (χ1v) is 28.7. The molecule has 0 saturated heterocycles. The summed E-state index contributed by atoms with van der Waals surface area (Å²) in [5.74, 6) is 0. The second-order valence-corrected chi connectivity index (χ2v) is 21.7. The highest BCUT2D eigenvalue weighted by atomic mass is 14.5. The fraction of sp³-hybridized carbons (Fsp3) is 0.0617. The summed E-state index contributed by atoms with van der Waals surface area (Å²) in [6.45, 7) is 0. The quantitative estimate of drug-likeness (QED) is 0.107. The van der Waals surface area contributed by atoms with Crippen molar-refractivity contribution in [3.63, 3.8) is 0 Å². The van der Waals surface area contributed by atoms with Gasteiger partial charge in [0.1, 0.15) is 0 Å². The molecule has 0 amide bonds. The molecule has 0 heterocycles. The molecule has 0 heteroatoms.